The number of aryl methyl sites for hydroxylation is 1. The lowest BCUT2D eigenvalue weighted by Gasteiger charge is -2.47. The molecule has 2 aliphatic heterocycles. The Balaban J connectivity index is 1.43. The molecule has 1 unspecified atom stereocenters. The van der Waals surface area contributed by atoms with Crippen LogP contribution in [-0.2, 0) is 0 Å². The standard InChI is InChI=1S/C17H23N5O3/c1-10(2)14-18-19-15(24-14)13-6-17(7-21(13)4)8-22(9-17)16(23)12-5-11(3)25-20-12/h5,10,13H,6-9H2,1-4H3. The number of carbonyl (C=O) groups excluding carboxylic acids is 1. The first-order chi connectivity index (χ1) is 11.9. The van der Waals surface area contributed by atoms with Crippen LogP contribution in [0.1, 0.15) is 60.3 Å². The highest BCUT2D eigenvalue weighted by molar-refractivity contribution is 5.92. The number of aromatic nitrogens is 3. The van der Waals surface area contributed by atoms with Gasteiger partial charge in [0.1, 0.15) is 5.76 Å². The molecule has 0 bridgehead atoms. The monoisotopic (exact) mass is 345 g/mol. The quantitative estimate of drug-likeness (QED) is 0.840. The maximum Gasteiger partial charge on any atom is 0.276 e. The minimum atomic E-state index is -0.0616. The number of hydrogen-bond acceptors (Lipinski definition) is 7. The van der Waals surface area contributed by atoms with Gasteiger partial charge in [-0.3, -0.25) is 9.69 Å². The Kier molecular flexibility index (Phi) is 3.68. The maximum absolute atomic E-state index is 12.4. The van der Waals surface area contributed by atoms with Crippen molar-refractivity contribution in [2.45, 2.75) is 39.2 Å². The largest absolute Gasteiger partial charge is 0.423 e. The first-order valence-electron chi connectivity index (χ1n) is 8.63. The molecule has 1 amide bonds. The zero-order valence-corrected chi connectivity index (χ0v) is 15.0. The zero-order valence-electron chi connectivity index (χ0n) is 15.0. The van der Waals surface area contributed by atoms with Crippen LogP contribution in [0.15, 0.2) is 15.0 Å². The van der Waals surface area contributed by atoms with E-state index < -0.39 is 0 Å². The molecule has 2 aromatic rings. The Morgan fingerprint density at radius 3 is 2.68 bits per heavy atom. The third-order valence-electron chi connectivity index (χ3n) is 5.17. The normalized spacial score (nSPS) is 22.8. The number of rotatable bonds is 3. The average molecular weight is 345 g/mol. The number of carbonyl (C=O) groups is 1. The molecular weight excluding hydrogens is 322 g/mol. The SMILES string of the molecule is Cc1cc(C(=O)N2CC3(CC(c4nnc(C(C)C)o4)N(C)C3)C2)no1. The van der Waals surface area contributed by atoms with Crippen molar-refractivity contribution in [3.05, 3.63) is 29.3 Å². The van der Waals surface area contributed by atoms with Gasteiger partial charge in [0.25, 0.3) is 5.91 Å². The van der Waals surface area contributed by atoms with Crippen LogP contribution in [-0.4, -0.2) is 57.7 Å². The number of likely N-dealkylation sites (tertiary alicyclic amines) is 2. The van der Waals surface area contributed by atoms with Gasteiger partial charge in [0.2, 0.25) is 11.8 Å². The lowest BCUT2D eigenvalue weighted by atomic mass is 9.77. The van der Waals surface area contributed by atoms with Crippen molar-refractivity contribution in [1.29, 1.82) is 0 Å². The summed E-state index contributed by atoms with van der Waals surface area (Å²) in [5.41, 5.74) is 0.481. The van der Waals surface area contributed by atoms with Crippen LogP contribution < -0.4 is 0 Å². The van der Waals surface area contributed by atoms with Crippen molar-refractivity contribution >= 4 is 5.91 Å². The van der Waals surface area contributed by atoms with Crippen LogP contribution in [0.3, 0.4) is 0 Å². The molecule has 4 heterocycles. The molecule has 2 saturated heterocycles. The Morgan fingerprint density at radius 1 is 1.32 bits per heavy atom. The molecule has 2 aliphatic rings. The van der Waals surface area contributed by atoms with E-state index >= 15 is 0 Å². The van der Waals surface area contributed by atoms with E-state index in [1.165, 1.54) is 0 Å². The van der Waals surface area contributed by atoms with Crippen molar-refractivity contribution in [3.63, 3.8) is 0 Å². The van der Waals surface area contributed by atoms with Crippen molar-refractivity contribution < 1.29 is 13.7 Å². The van der Waals surface area contributed by atoms with Gasteiger partial charge in [-0.25, -0.2) is 0 Å². The lowest BCUT2D eigenvalue weighted by molar-refractivity contribution is 0.0107. The molecule has 0 aromatic carbocycles. The van der Waals surface area contributed by atoms with Crippen molar-refractivity contribution in [1.82, 2.24) is 25.2 Å². The molecule has 0 aliphatic carbocycles. The fraction of sp³-hybridized carbons (Fsp3) is 0.647. The second-order valence-electron chi connectivity index (χ2n) is 7.75. The van der Waals surface area contributed by atoms with Crippen molar-refractivity contribution in [2.75, 3.05) is 26.7 Å². The molecular formula is C17H23N5O3. The fourth-order valence-electron chi connectivity index (χ4n) is 3.93. The zero-order chi connectivity index (χ0) is 17.8. The van der Waals surface area contributed by atoms with E-state index in [-0.39, 0.29) is 23.3 Å². The smallest absolute Gasteiger partial charge is 0.276 e. The first kappa shape index (κ1) is 16.3. The summed E-state index contributed by atoms with van der Waals surface area (Å²) in [7, 11) is 2.07. The third kappa shape index (κ3) is 2.74. The molecule has 0 saturated carbocycles. The predicted molar refractivity (Wildman–Crippen MR) is 88.0 cm³/mol. The van der Waals surface area contributed by atoms with Gasteiger partial charge in [0.15, 0.2) is 5.69 Å². The molecule has 2 aromatic heterocycles. The Bertz CT molecular complexity index is 790. The minimum absolute atomic E-state index is 0.0616. The summed E-state index contributed by atoms with van der Waals surface area (Å²) >= 11 is 0. The van der Waals surface area contributed by atoms with Gasteiger partial charge in [-0.05, 0) is 20.4 Å². The summed E-state index contributed by atoms with van der Waals surface area (Å²) in [5.74, 6) is 2.17. The molecule has 134 valence electrons. The van der Waals surface area contributed by atoms with Gasteiger partial charge in [0, 0.05) is 37.0 Å². The van der Waals surface area contributed by atoms with E-state index in [0.29, 0.717) is 23.2 Å². The molecule has 0 radical (unpaired) electrons. The molecule has 8 nitrogen and oxygen atoms in total. The Labute approximate surface area is 146 Å². The molecule has 25 heavy (non-hydrogen) atoms. The molecule has 1 spiro atoms. The first-order valence-corrected chi connectivity index (χ1v) is 8.63. The number of nitrogens with zero attached hydrogens (tertiary/aromatic N) is 5. The van der Waals surface area contributed by atoms with Crippen LogP contribution in [0.4, 0.5) is 0 Å². The van der Waals surface area contributed by atoms with Gasteiger partial charge >= 0.3 is 0 Å². The predicted octanol–water partition coefficient (Wildman–Crippen LogP) is 2.01. The van der Waals surface area contributed by atoms with E-state index in [9.17, 15) is 4.79 Å². The highest BCUT2D eigenvalue weighted by Crippen LogP contribution is 2.47. The summed E-state index contributed by atoms with van der Waals surface area (Å²) in [6.45, 7) is 8.23. The van der Waals surface area contributed by atoms with Crippen molar-refractivity contribution in [3.8, 4) is 0 Å². The van der Waals surface area contributed by atoms with E-state index in [1.54, 1.807) is 13.0 Å². The molecule has 2 fully saturated rings. The van der Waals surface area contributed by atoms with Gasteiger partial charge < -0.3 is 13.8 Å². The van der Waals surface area contributed by atoms with Crippen molar-refractivity contribution in [2.24, 2.45) is 5.41 Å². The molecule has 0 N–H and O–H groups in total. The van der Waals surface area contributed by atoms with Crippen LogP contribution in [0.5, 0.6) is 0 Å². The second-order valence-corrected chi connectivity index (χ2v) is 7.75. The highest BCUT2D eigenvalue weighted by Gasteiger charge is 2.53. The lowest BCUT2D eigenvalue weighted by Crippen LogP contribution is -2.59. The third-order valence-corrected chi connectivity index (χ3v) is 5.17. The highest BCUT2D eigenvalue weighted by atomic mass is 16.5. The van der Waals surface area contributed by atoms with E-state index in [0.717, 1.165) is 26.1 Å². The maximum atomic E-state index is 12.4. The molecule has 4 rings (SSSR count). The summed E-state index contributed by atoms with van der Waals surface area (Å²) < 4.78 is 10.8. The second kappa shape index (κ2) is 5.66. The number of hydrogen-bond donors (Lipinski definition) is 0. The minimum Gasteiger partial charge on any atom is -0.423 e. The Morgan fingerprint density at radius 2 is 2.08 bits per heavy atom. The van der Waals surface area contributed by atoms with E-state index in [4.69, 9.17) is 8.94 Å². The fourth-order valence-corrected chi connectivity index (χ4v) is 3.93. The van der Waals surface area contributed by atoms with Crippen LogP contribution in [0.2, 0.25) is 0 Å². The summed E-state index contributed by atoms with van der Waals surface area (Å²) in [5, 5.41) is 12.2. The van der Waals surface area contributed by atoms with Gasteiger partial charge in [-0.2, -0.15) is 0 Å². The average Bonchev–Trinajstić information content (AvgIpc) is 3.22. The molecule has 1 atom stereocenters. The molecule has 8 heteroatoms. The van der Waals surface area contributed by atoms with Gasteiger partial charge in [0.05, 0.1) is 6.04 Å². The van der Waals surface area contributed by atoms with E-state index in [2.05, 4.69) is 27.3 Å². The van der Waals surface area contributed by atoms with Crippen LogP contribution in [0.25, 0.3) is 0 Å². The van der Waals surface area contributed by atoms with E-state index in [1.807, 2.05) is 18.7 Å². The summed E-state index contributed by atoms with van der Waals surface area (Å²) in [4.78, 5) is 16.5. The van der Waals surface area contributed by atoms with Crippen LogP contribution in [0, 0.1) is 12.3 Å². The topological polar surface area (TPSA) is 88.5 Å². The van der Waals surface area contributed by atoms with Gasteiger partial charge in [-0.1, -0.05) is 19.0 Å². The summed E-state index contributed by atoms with van der Waals surface area (Å²) in [6.07, 6.45) is 0.921. The Hall–Kier alpha value is -2.22. The van der Waals surface area contributed by atoms with Crippen LogP contribution >= 0.6 is 0 Å². The summed E-state index contributed by atoms with van der Waals surface area (Å²) in [6, 6.07) is 1.80. The van der Waals surface area contributed by atoms with Gasteiger partial charge in [-0.15, -0.1) is 10.2 Å². The number of amides is 1.